The van der Waals surface area contributed by atoms with E-state index in [0.29, 0.717) is 12.1 Å². The van der Waals surface area contributed by atoms with Crippen LogP contribution in [0.5, 0.6) is 0 Å². The summed E-state index contributed by atoms with van der Waals surface area (Å²) in [6.07, 6.45) is 3.79. The lowest BCUT2D eigenvalue weighted by molar-refractivity contribution is 0.0342. The Hall–Kier alpha value is -3.19. The molecule has 0 bridgehead atoms. The standard InChI is InChI=1S/C30H41N7O2/c1-5-25-20-37(27-17-29(38)33(4)28-21-35(12-11-31)32-30(27)28)26(6-2)19-36(25)22(3)24-9-7-23(8-10-24)18-34-13-15-39-16-14-34/h7-10,17,21-22,25-26H,5-6,12-16,18-20H2,1-4H3/t22-,25-,26+/m1/s1. The molecule has 2 aliphatic heterocycles. The number of benzene rings is 1. The van der Waals surface area contributed by atoms with Gasteiger partial charge in [-0.25, -0.2) is 0 Å². The second-order valence-electron chi connectivity index (χ2n) is 10.9. The van der Waals surface area contributed by atoms with E-state index in [9.17, 15) is 10.1 Å². The zero-order valence-electron chi connectivity index (χ0n) is 23.7. The Morgan fingerprint density at radius 3 is 2.49 bits per heavy atom. The third kappa shape index (κ3) is 5.60. The first kappa shape index (κ1) is 27.4. The van der Waals surface area contributed by atoms with Crippen molar-refractivity contribution in [2.45, 2.75) is 64.8 Å². The summed E-state index contributed by atoms with van der Waals surface area (Å²) < 4.78 is 8.74. The van der Waals surface area contributed by atoms with Crippen molar-refractivity contribution < 1.29 is 4.74 Å². The van der Waals surface area contributed by atoms with Gasteiger partial charge >= 0.3 is 0 Å². The highest BCUT2D eigenvalue weighted by Crippen LogP contribution is 2.34. The van der Waals surface area contributed by atoms with Gasteiger partial charge in [-0.3, -0.25) is 19.3 Å². The lowest BCUT2D eigenvalue weighted by Gasteiger charge is -2.49. The zero-order chi connectivity index (χ0) is 27.5. The average Bonchev–Trinajstić information content (AvgIpc) is 3.39. The maximum absolute atomic E-state index is 12.9. The van der Waals surface area contributed by atoms with Crippen molar-refractivity contribution in [2.75, 3.05) is 44.3 Å². The van der Waals surface area contributed by atoms with Crippen LogP contribution in [-0.2, 0) is 24.9 Å². The van der Waals surface area contributed by atoms with Crippen LogP contribution in [0.1, 0.15) is 50.8 Å². The van der Waals surface area contributed by atoms with Crippen molar-refractivity contribution in [1.29, 1.82) is 5.26 Å². The van der Waals surface area contributed by atoms with Crippen LogP contribution < -0.4 is 10.5 Å². The first-order chi connectivity index (χ1) is 18.9. The number of piperazine rings is 1. The molecule has 5 rings (SSSR count). The smallest absolute Gasteiger partial charge is 0.252 e. The largest absolute Gasteiger partial charge is 0.379 e. The quantitative estimate of drug-likeness (QED) is 0.440. The van der Waals surface area contributed by atoms with Gasteiger partial charge in [0.25, 0.3) is 5.56 Å². The van der Waals surface area contributed by atoms with Gasteiger partial charge in [-0.15, -0.1) is 0 Å². The molecule has 2 saturated heterocycles. The van der Waals surface area contributed by atoms with Gasteiger partial charge in [-0.05, 0) is 30.9 Å². The number of aryl methyl sites for hydroxylation is 1. The molecule has 39 heavy (non-hydrogen) atoms. The van der Waals surface area contributed by atoms with Crippen molar-refractivity contribution in [3.8, 4) is 6.07 Å². The molecule has 0 amide bonds. The number of pyridine rings is 1. The lowest BCUT2D eigenvalue weighted by atomic mass is 9.96. The number of hydrogen-bond donors (Lipinski definition) is 0. The molecule has 0 saturated carbocycles. The van der Waals surface area contributed by atoms with E-state index in [1.165, 1.54) is 11.1 Å². The molecule has 0 radical (unpaired) electrons. The fourth-order valence-electron chi connectivity index (χ4n) is 6.18. The number of hydrogen-bond acceptors (Lipinski definition) is 7. The molecule has 3 aromatic rings. The van der Waals surface area contributed by atoms with Crippen LogP contribution in [0, 0.1) is 11.3 Å². The molecule has 2 fully saturated rings. The summed E-state index contributed by atoms with van der Waals surface area (Å²) in [5.41, 5.74) is 5.08. The Bertz CT molecular complexity index is 1370. The van der Waals surface area contributed by atoms with Gasteiger partial charge in [-0.1, -0.05) is 38.1 Å². The number of aromatic nitrogens is 3. The van der Waals surface area contributed by atoms with E-state index in [1.54, 1.807) is 22.4 Å². The first-order valence-electron chi connectivity index (χ1n) is 14.3. The fraction of sp³-hybridized carbons (Fsp3) is 0.567. The second kappa shape index (κ2) is 11.9. The Balaban J connectivity index is 1.38. The van der Waals surface area contributed by atoms with Crippen LogP contribution in [0.2, 0.25) is 0 Å². The summed E-state index contributed by atoms with van der Waals surface area (Å²) in [5.74, 6) is 0. The van der Waals surface area contributed by atoms with Crippen molar-refractivity contribution in [3.05, 3.63) is 58.0 Å². The number of rotatable bonds is 8. The van der Waals surface area contributed by atoms with Gasteiger partial charge < -0.3 is 14.2 Å². The minimum Gasteiger partial charge on any atom is -0.379 e. The minimum absolute atomic E-state index is 0.0510. The van der Waals surface area contributed by atoms with E-state index in [2.05, 4.69) is 65.8 Å². The van der Waals surface area contributed by atoms with Gasteiger partial charge in [0.05, 0.1) is 36.7 Å². The van der Waals surface area contributed by atoms with Gasteiger partial charge in [0.15, 0.2) is 0 Å². The van der Waals surface area contributed by atoms with Crippen molar-refractivity contribution in [3.63, 3.8) is 0 Å². The molecule has 208 valence electrons. The van der Waals surface area contributed by atoms with Crippen LogP contribution >= 0.6 is 0 Å². The molecule has 0 N–H and O–H groups in total. The van der Waals surface area contributed by atoms with Crippen LogP contribution in [0.3, 0.4) is 0 Å². The van der Waals surface area contributed by atoms with Crippen molar-refractivity contribution in [2.24, 2.45) is 7.05 Å². The van der Waals surface area contributed by atoms with Gasteiger partial charge in [0, 0.05) is 64.0 Å². The maximum atomic E-state index is 12.9. The van der Waals surface area contributed by atoms with Crippen LogP contribution in [-0.4, -0.2) is 75.6 Å². The molecule has 0 aliphatic carbocycles. The van der Waals surface area contributed by atoms with E-state index < -0.39 is 0 Å². The predicted molar refractivity (Wildman–Crippen MR) is 154 cm³/mol. The Morgan fingerprint density at radius 2 is 1.82 bits per heavy atom. The second-order valence-corrected chi connectivity index (χ2v) is 10.9. The van der Waals surface area contributed by atoms with E-state index in [-0.39, 0.29) is 18.1 Å². The summed E-state index contributed by atoms with van der Waals surface area (Å²) in [6.45, 7) is 13.3. The number of nitrogens with zero attached hydrogens (tertiary/aromatic N) is 7. The van der Waals surface area contributed by atoms with Crippen LogP contribution in [0.25, 0.3) is 11.0 Å². The Kier molecular flexibility index (Phi) is 8.36. The SMILES string of the molecule is CC[C@H]1CN([C@H](C)c2ccc(CN3CCOCC3)cc2)[C@H](CC)CN1c1cc(=O)n(C)c2cn(CC#N)nc12. The molecule has 4 heterocycles. The number of morpholine rings is 1. The number of fused-ring (bicyclic) bond motifs is 1. The minimum atomic E-state index is -0.0510. The molecule has 9 heteroatoms. The lowest BCUT2D eigenvalue weighted by Crippen LogP contribution is -2.58. The summed E-state index contributed by atoms with van der Waals surface area (Å²) in [7, 11) is 1.77. The molecular weight excluding hydrogens is 490 g/mol. The topological polar surface area (TPSA) is 82.6 Å². The molecule has 1 aromatic carbocycles. The molecule has 3 atom stereocenters. The molecule has 0 spiro atoms. The summed E-state index contributed by atoms with van der Waals surface area (Å²) in [4.78, 5) is 20.4. The van der Waals surface area contributed by atoms with Crippen LogP contribution in [0.4, 0.5) is 5.69 Å². The molecule has 2 aliphatic rings. The zero-order valence-corrected chi connectivity index (χ0v) is 23.7. The Morgan fingerprint density at radius 1 is 1.10 bits per heavy atom. The predicted octanol–water partition coefficient (Wildman–Crippen LogP) is 3.53. The number of anilines is 1. The number of ether oxygens (including phenoxy) is 1. The normalized spacial score (nSPS) is 21.8. The highest BCUT2D eigenvalue weighted by atomic mass is 16.5. The molecule has 2 aromatic heterocycles. The number of nitriles is 1. The maximum Gasteiger partial charge on any atom is 0.252 e. The fourth-order valence-corrected chi connectivity index (χ4v) is 6.18. The van der Waals surface area contributed by atoms with Gasteiger partial charge in [0.2, 0.25) is 0 Å². The monoisotopic (exact) mass is 531 g/mol. The summed E-state index contributed by atoms with van der Waals surface area (Å²) in [6, 6.07) is 13.9. The third-order valence-corrected chi connectivity index (χ3v) is 8.63. The van der Waals surface area contributed by atoms with E-state index >= 15 is 0 Å². The van der Waals surface area contributed by atoms with Gasteiger partial charge in [-0.2, -0.15) is 10.4 Å². The molecular formula is C30H41N7O2. The summed E-state index contributed by atoms with van der Waals surface area (Å²) >= 11 is 0. The van der Waals surface area contributed by atoms with E-state index in [4.69, 9.17) is 9.84 Å². The first-order valence-corrected chi connectivity index (χ1v) is 14.3. The van der Waals surface area contributed by atoms with Crippen molar-refractivity contribution in [1.82, 2.24) is 24.1 Å². The van der Waals surface area contributed by atoms with E-state index in [0.717, 1.165) is 75.5 Å². The van der Waals surface area contributed by atoms with E-state index in [1.807, 2.05) is 6.20 Å². The van der Waals surface area contributed by atoms with Gasteiger partial charge in [0.1, 0.15) is 12.1 Å². The van der Waals surface area contributed by atoms with Crippen LogP contribution in [0.15, 0.2) is 41.3 Å². The third-order valence-electron chi connectivity index (χ3n) is 8.63. The molecule has 9 nitrogen and oxygen atoms in total. The summed E-state index contributed by atoms with van der Waals surface area (Å²) in [5, 5.41) is 13.9. The molecule has 0 unspecified atom stereocenters. The van der Waals surface area contributed by atoms with Crippen molar-refractivity contribution >= 4 is 16.7 Å². The highest BCUT2D eigenvalue weighted by molar-refractivity contribution is 5.88. The Labute approximate surface area is 231 Å². The average molecular weight is 532 g/mol. The highest BCUT2D eigenvalue weighted by Gasteiger charge is 2.36.